The van der Waals surface area contributed by atoms with Gasteiger partial charge in [-0.05, 0) is 18.6 Å². The van der Waals surface area contributed by atoms with E-state index in [1.165, 1.54) is 24.6 Å². The van der Waals surface area contributed by atoms with E-state index in [1.54, 1.807) is 6.07 Å². The fourth-order valence-corrected chi connectivity index (χ4v) is 3.91. The average Bonchev–Trinajstić information content (AvgIpc) is 2.45. The number of benzene rings is 1. The monoisotopic (exact) mass is 342 g/mol. The summed E-state index contributed by atoms with van der Waals surface area (Å²) in [6.07, 6.45) is 3.21. The SMILES string of the molecule is CCC[Si]CCCN(C)c1ccc(S(C)(=O)=O)c([N+](=O)[O-])c1. The molecule has 0 spiro atoms. The Balaban J connectivity index is 2.84. The molecule has 8 heteroatoms. The highest BCUT2D eigenvalue weighted by Crippen LogP contribution is 2.28. The molecule has 6 nitrogen and oxygen atoms in total. The van der Waals surface area contributed by atoms with Crippen molar-refractivity contribution in [2.45, 2.75) is 36.7 Å². The van der Waals surface area contributed by atoms with Gasteiger partial charge in [0, 0.05) is 41.1 Å². The highest BCUT2D eigenvalue weighted by Gasteiger charge is 2.23. The van der Waals surface area contributed by atoms with Gasteiger partial charge >= 0.3 is 0 Å². The normalized spacial score (nSPS) is 11.4. The first-order chi connectivity index (χ1) is 10.3. The number of hydrogen-bond acceptors (Lipinski definition) is 5. The molecule has 0 aromatic heterocycles. The van der Waals surface area contributed by atoms with Crippen molar-refractivity contribution in [3.63, 3.8) is 0 Å². The third-order valence-electron chi connectivity index (χ3n) is 3.25. The van der Waals surface area contributed by atoms with Crippen molar-refractivity contribution in [1.82, 2.24) is 0 Å². The minimum absolute atomic E-state index is 0.237. The van der Waals surface area contributed by atoms with E-state index in [9.17, 15) is 18.5 Å². The quantitative estimate of drug-likeness (QED) is 0.298. The molecule has 0 fully saturated rings. The van der Waals surface area contributed by atoms with E-state index in [-0.39, 0.29) is 10.6 Å². The maximum Gasteiger partial charge on any atom is 0.290 e. The lowest BCUT2D eigenvalue weighted by Crippen LogP contribution is -2.19. The Labute approximate surface area is 134 Å². The minimum Gasteiger partial charge on any atom is -0.374 e. The molecule has 0 aliphatic heterocycles. The molecule has 1 aromatic carbocycles. The smallest absolute Gasteiger partial charge is 0.290 e. The fraction of sp³-hybridized carbons (Fsp3) is 0.571. The maximum absolute atomic E-state index is 11.6. The second kappa shape index (κ2) is 8.28. The van der Waals surface area contributed by atoms with Crippen LogP contribution in [-0.4, -0.2) is 42.7 Å². The Bertz CT molecular complexity index is 619. The van der Waals surface area contributed by atoms with Crippen molar-refractivity contribution in [3.05, 3.63) is 28.3 Å². The van der Waals surface area contributed by atoms with Crippen LogP contribution >= 0.6 is 0 Å². The lowest BCUT2D eigenvalue weighted by Gasteiger charge is -2.19. The summed E-state index contributed by atoms with van der Waals surface area (Å²) in [5.74, 6) is 0. The molecule has 0 aliphatic rings. The van der Waals surface area contributed by atoms with E-state index in [2.05, 4.69) is 6.92 Å². The van der Waals surface area contributed by atoms with Crippen molar-refractivity contribution in [2.24, 2.45) is 0 Å². The summed E-state index contributed by atoms with van der Waals surface area (Å²) in [5.41, 5.74) is 0.303. The molecule has 1 rings (SSSR count). The highest BCUT2D eigenvalue weighted by atomic mass is 32.2. The molecule has 0 bridgehead atoms. The number of nitro groups is 1. The molecule has 122 valence electrons. The third kappa shape index (κ3) is 5.41. The van der Waals surface area contributed by atoms with Crippen LogP contribution in [-0.2, 0) is 9.84 Å². The summed E-state index contributed by atoms with van der Waals surface area (Å²) in [7, 11) is -0.785. The van der Waals surface area contributed by atoms with Gasteiger partial charge in [0.1, 0.15) is 4.90 Å². The Hall–Kier alpha value is -1.41. The van der Waals surface area contributed by atoms with Crippen LogP contribution in [0.3, 0.4) is 0 Å². The van der Waals surface area contributed by atoms with Gasteiger partial charge in [-0.1, -0.05) is 25.4 Å². The summed E-state index contributed by atoms with van der Waals surface area (Å²) in [6.45, 7) is 2.97. The summed E-state index contributed by atoms with van der Waals surface area (Å²) in [4.78, 5) is 12.1. The number of nitro benzene ring substituents is 1. The number of anilines is 1. The molecule has 0 amide bonds. The summed E-state index contributed by atoms with van der Waals surface area (Å²) in [5, 5.41) is 11.1. The zero-order chi connectivity index (χ0) is 16.8. The summed E-state index contributed by atoms with van der Waals surface area (Å²) < 4.78 is 23.2. The molecule has 0 saturated carbocycles. The van der Waals surface area contributed by atoms with Gasteiger partial charge in [0.15, 0.2) is 9.84 Å². The summed E-state index contributed by atoms with van der Waals surface area (Å²) >= 11 is 0. The van der Waals surface area contributed by atoms with E-state index in [1.807, 2.05) is 11.9 Å². The largest absolute Gasteiger partial charge is 0.374 e. The Morgan fingerprint density at radius 3 is 2.55 bits per heavy atom. The second-order valence-electron chi connectivity index (χ2n) is 5.21. The Morgan fingerprint density at radius 2 is 2.00 bits per heavy atom. The Morgan fingerprint density at radius 1 is 1.32 bits per heavy atom. The van der Waals surface area contributed by atoms with Crippen LogP contribution in [0.1, 0.15) is 19.8 Å². The first-order valence-corrected chi connectivity index (χ1v) is 10.5. The number of rotatable bonds is 9. The molecule has 1 aromatic rings. The molecular weight excluding hydrogens is 320 g/mol. The van der Waals surface area contributed by atoms with Crippen LogP contribution in [0, 0.1) is 10.1 Å². The molecule has 22 heavy (non-hydrogen) atoms. The molecular formula is C14H22N2O4SSi. The topological polar surface area (TPSA) is 80.5 Å². The van der Waals surface area contributed by atoms with Gasteiger partial charge in [0.2, 0.25) is 0 Å². The van der Waals surface area contributed by atoms with E-state index in [0.717, 1.165) is 34.8 Å². The van der Waals surface area contributed by atoms with Crippen LogP contribution in [0.4, 0.5) is 11.4 Å². The van der Waals surface area contributed by atoms with Crippen molar-refractivity contribution >= 4 is 30.7 Å². The zero-order valence-electron chi connectivity index (χ0n) is 13.2. The number of nitrogens with zero attached hydrogens (tertiary/aromatic N) is 2. The maximum atomic E-state index is 11.6. The molecule has 2 radical (unpaired) electrons. The minimum atomic E-state index is -3.61. The predicted octanol–water partition coefficient (Wildman–Crippen LogP) is 2.78. The lowest BCUT2D eigenvalue weighted by atomic mass is 10.2. The van der Waals surface area contributed by atoms with E-state index in [0.29, 0.717) is 5.69 Å². The summed E-state index contributed by atoms with van der Waals surface area (Å²) in [6, 6.07) is 6.68. The standard InChI is InChI=1S/C14H22N2O4SSi/c1-4-9-22-10-5-8-15(2)12-6-7-14(21(3,19)20)13(11-12)16(17)18/h6-7,11H,4-5,8-10H2,1-3H3. The molecule has 0 unspecified atom stereocenters. The van der Waals surface area contributed by atoms with Gasteiger partial charge in [0.05, 0.1) is 4.92 Å². The van der Waals surface area contributed by atoms with Crippen molar-refractivity contribution in [1.29, 1.82) is 0 Å². The van der Waals surface area contributed by atoms with E-state index < -0.39 is 14.8 Å². The van der Waals surface area contributed by atoms with Gasteiger partial charge in [-0.15, -0.1) is 0 Å². The van der Waals surface area contributed by atoms with Crippen molar-refractivity contribution < 1.29 is 13.3 Å². The molecule has 0 N–H and O–H groups in total. The first-order valence-electron chi connectivity index (χ1n) is 7.17. The van der Waals surface area contributed by atoms with E-state index >= 15 is 0 Å². The van der Waals surface area contributed by atoms with Crippen LogP contribution in [0.25, 0.3) is 0 Å². The van der Waals surface area contributed by atoms with Gasteiger partial charge in [-0.25, -0.2) is 8.42 Å². The van der Waals surface area contributed by atoms with E-state index in [4.69, 9.17) is 0 Å². The molecule has 0 atom stereocenters. The number of sulfone groups is 1. The van der Waals surface area contributed by atoms with Crippen LogP contribution in [0.15, 0.2) is 23.1 Å². The lowest BCUT2D eigenvalue weighted by molar-refractivity contribution is -0.387. The third-order valence-corrected chi connectivity index (χ3v) is 5.96. The first kappa shape index (κ1) is 18.6. The molecule has 0 heterocycles. The highest BCUT2D eigenvalue weighted by molar-refractivity contribution is 7.90. The van der Waals surface area contributed by atoms with Crippen LogP contribution < -0.4 is 4.90 Å². The molecule has 0 saturated heterocycles. The van der Waals surface area contributed by atoms with Gasteiger partial charge < -0.3 is 4.90 Å². The van der Waals surface area contributed by atoms with Gasteiger partial charge in [-0.3, -0.25) is 10.1 Å². The fourth-order valence-electron chi connectivity index (χ4n) is 2.07. The van der Waals surface area contributed by atoms with Gasteiger partial charge in [-0.2, -0.15) is 0 Å². The van der Waals surface area contributed by atoms with Gasteiger partial charge in [0.25, 0.3) is 5.69 Å². The zero-order valence-corrected chi connectivity index (χ0v) is 15.0. The molecule has 0 aliphatic carbocycles. The average molecular weight is 342 g/mol. The number of hydrogen-bond donors (Lipinski definition) is 0. The Kier molecular flexibility index (Phi) is 7.01. The van der Waals surface area contributed by atoms with Crippen molar-refractivity contribution in [2.75, 3.05) is 24.7 Å². The second-order valence-corrected chi connectivity index (χ2v) is 8.69. The van der Waals surface area contributed by atoms with Crippen molar-refractivity contribution in [3.8, 4) is 0 Å². The van der Waals surface area contributed by atoms with Crippen LogP contribution in [0.5, 0.6) is 0 Å². The van der Waals surface area contributed by atoms with Crippen LogP contribution in [0.2, 0.25) is 12.1 Å². The predicted molar refractivity (Wildman–Crippen MR) is 89.8 cm³/mol.